The van der Waals surface area contributed by atoms with Crippen molar-refractivity contribution in [2.24, 2.45) is 17.3 Å². The Morgan fingerprint density at radius 3 is 2.65 bits per heavy atom. The Balaban J connectivity index is 1.36. The van der Waals surface area contributed by atoms with E-state index in [2.05, 4.69) is 36.3 Å². The van der Waals surface area contributed by atoms with E-state index in [9.17, 15) is 19.8 Å². The van der Waals surface area contributed by atoms with Crippen LogP contribution in [0.5, 0.6) is 0 Å². The zero-order valence-corrected chi connectivity index (χ0v) is 26.0. The van der Waals surface area contributed by atoms with Crippen molar-refractivity contribution in [3.05, 3.63) is 47.2 Å². The molecule has 2 bridgehead atoms. The van der Waals surface area contributed by atoms with Crippen molar-refractivity contribution < 1.29 is 34.0 Å². The SMILES string of the molecule is CC(C)C[C@H](CO)NC(=O)O[C@H]1C[C@H]2Cc3c([nH]c4ccccc34)[C@]2(C)[C@@]2(C)CC[C@@]34O[C@@H](C(=O)C=C3[C@]12O)C(C)(C)O4. The molecule has 5 aliphatic rings. The van der Waals surface area contributed by atoms with Crippen molar-refractivity contribution >= 4 is 22.8 Å². The topological polar surface area (TPSA) is 130 Å². The molecule has 0 unspecified atom stereocenters. The highest BCUT2D eigenvalue weighted by molar-refractivity contribution is 5.97. The number of fused-ring (bicyclic) bond motifs is 9. The molecule has 8 atom stereocenters. The van der Waals surface area contributed by atoms with Crippen LogP contribution in [0.2, 0.25) is 0 Å². The molecule has 1 aromatic heterocycles. The van der Waals surface area contributed by atoms with Crippen LogP contribution in [-0.4, -0.2) is 68.9 Å². The Bertz CT molecular complexity index is 1540. The van der Waals surface area contributed by atoms with Crippen molar-refractivity contribution in [1.29, 1.82) is 0 Å². The van der Waals surface area contributed by atoms with Crippen LogP contribution in [-0.2, 0) is 30.8 Å². The lowest BCUT2D eigenvalue weighted by Gasteiger charge is -2.67. The van der Waals surface area contributed by atoms with Crippen LogP contribution in [0.4, 0.5) is 4.79 Å². The van der Waals surface area contributed by atoms with Gasteiger partial charge in [-0.25, -0.2) is 4.79 Å². The lowest BCUT2D eigenvalue weighted by Crippen LogP contribution is -2.75. The Hall–Kier alpha value is -2.72. The average molecular weight is 593 g/mol. The molecule has 3 heterocycles. The number of para-hydroxylation sites is 1. The van der Waals surface area contributed by atoms with E-state index in [1.54, 1.807) is 0 Å². The number of rotatable bonds is 5. The number of benzene rings is 1. The van der Waals surface area contributed by atoms with Gasteiger partial charge < -0.3 is 34.7 Å². The first kappa shape index (κ1) is 29.0. The number of carbonyl (C=O) groups excluding carboxylic acids is 2. The number of H-pyrrole nitrogens is 1. The highest BCUT2D eigenvalue weighted by Gasteiger charge is 2.78. The molecule has 9 nitrogen and oxygen atoms in total. The van der Waals surface area contributed by atoms with Crippen molar-refractivity contribution in [2.45, 2.75) is 114 Å². The highest BCUT2D eigenvalue weighted by atomic mass is 16.8. The van der Waals surface area contributed by atoms with Crippen LogP contribution in [0.15, 0.2) is 35.9 Å². The molecule has 43 heavy (non-hydrogen) atoms. The second-order valence-electron chi connectivity index (χ2n) is 14.9. The summed E-state index contributed by atoms with van der Waals surface area (Å²) in [4.78, 5) is 30.7. The molecule has 1 aromatic carbocycles. The van der Waals surface area contributed by atoms with Crippen LogP contribution < -0.4 is 5.32 Å². The summed E-state index contributed by atoms with van der Waals surface area (Å²) in [6.07, 6.45) is 1.81. The summed E-state index contributed by atoms with van der Waals surface area (Å²) in [6, 6.07) is 7.79. The number of ketones is 1. The Labute approximate surface area is 252 Å². The van der Waals surface area contributed by atoms with Crippen LogP contribution in [0.25, 0.3) is 10.9 Å². The zero-order valence-electron chi connectivity index (χ0n) is 26.0. The van der Waals surface area contributed by atoms with Gasteiger partial charge in [0.25, 0.3) is 0 Å². The zero-order chi connectivity index (χ0) is 30.7. The van der Waals surface area contributed by atoms with Crippen LogP contribution in [0.3, 0.4) is 0 Å². The number of alkyl carbamates (subject to hydrolysis) is 1. The molecule has 9 heteroatoms. The van der Waals surface area contributed by atoms with E-state index in [-0.39, 0.29) is 24.2 Å². The van der Waals surface area contributed by atoms with E-state index < -0.39 is 52.2 Å². The number of aliphatic hydroxyl groups is 2. The van der Waals surface area contributed by atoms with Gasteiger partial charge >= 0.3 is 6.09 Å². The minimum absolute atomic E-state index is 0.0641. The molecule has 1 saturated heterocycles. The standard InChI is InChI=1S/C34H44N2O7/c1-18(2)13-20(17-37)35-29(39)41-26-15-19-14-22-21-9-7-8-10-23(21)36-27(22)32(19,6)31(5)11-12-33-25(34(26,31)40)16-24(38)28(42-33)30(3,4)43-33/h7-10,16,18-20,26,28,36-37,40H,11-15,17H2,1-6H3,(H,35,39)/t19-,20-,26+,28+,31-,32-,33+,34+/m1/s1. The number of aromatic nitrogens is 1. The quantitative estimate of drug-likeness (QED) is 0.404. The van der Waals surface area contributed by atoms with E-state index in [0.29, 0.717) is 31.3 Å². The number of amides is 1. The molecule has 2 aromatic rings. The van der Waals surface area contributed by atoms with Gasteiger partial charge in [-0.2, -0.15) is 0 Å². The fourth-order valence-electron chi connectivity index (χ4n) is 9.61. The van der Waals surface area contributed by atoms with Gasteiger partial charge in [0.2, 0.25) is 0 Å². The molecule has 4 N–H and O–H groups in total. The first-order valence-corrected chi connectivity index (χ1v) is 15.7. The molecule has 3 aliphatic carbocycles. The van der Waals surface area contributed by atoms with E-state index >= 15 is 0 Å². The number of aromatic amines is 1. The first-order valence-electron chi connectivity index (χ1n) is 15.7. The van der Waals surface area contributed by atoms with Crippen LogP contribution in [0, 0.1) is 17.3 Å². The van der Waals surface area contributed by atoms with Gasteiger partial charge in [-0.15, -0.1) is 0 Å². The molecule has 2 aliphatic heterocycles. The Kier molecular flexibility index (Phi) is 6.18. The van der Waals surface area contributed by atoms with Crippen molar-refractivity contribution in [3.8, 4) is 0 Å². The second-order valence-corrected chi connectivity index (χ2v) is 14.9. The first-order chi connectivity index (χ1) is 20.2. The molecular weight excluding hydrogens is 548 g/mol. The maximum atomic E-state index is 13.5. The predicted octanol–water partition coefficient (Wildman–Crippen LogP) is 4.43. The number of ether oxygens (including phenoxy) is 3. The third-order valence-corrected chi connectivity index (χ3v) is 11.8. The fourth-order valence-corrected chi connectivity index (χ4v) is 9.61. The maximum Gasteiger partial charge on any atom is 0.407 e. The third kappa shape index (κ3) is 3.65. The van der Waals surface area contributed by atoms with Crippen LogP contribution >= 0.6 is 0 Å². The average Bonchev–Trinajstić information content (AvgIpc) is 3.53. The minimum atomic E-state index is -1.78. The Morgan fingerprint density at radius 1 is 1.19 bits per heavy atom. The number of nitrogens with one attached hydrogen (secondary N) is 2. The normalized spacial score (nSPS) is 39.5. The molecular formula is C34H44N2O7. The van der Waals surface area contributed by atoms with Crippen molar-refractivity contribution in [3.63, 3.8) is 0 Å². The number of hydrogen-bond acceptors (Lipinski definition) is 7. The summed E-state index contributed by atoms with van der Waals surface area (Å²) in [6.45, 7) is 11.8. The summed E-state index contributed by atoms with van der Waals surface area (Å²) in [5.74, 6) is -1.22. The monoisotopic (exact) mass is 592 g/mol. The van der Waals surface area contributed by atoms with Gasteiger partial charge in [0.15, 0.2) is 17.7 Å². The number of carbonyl (C=O) groups is 2. The summed E-state index contributed by atoms with van der Waals surface area (Å²) in [7, 11) is 0. The predicted molar refractivity (Wildman–Crippen MR) is 159 cm³/mol. The summed E-state index contributed by atoms with van der Waals surface area (Å²) >= 11 is 0. The van der Waals surface area contributed by atoms with Gasteiger partial charge in [-0.3, -0.25) is 4.79 Å². The van der Waals surface area contributed by atoms with Gasteiger partial charge in [-0.1, -0.05) is 45.9 Å². The number of hydrogen-bond donors (Lipinski definition) is 4. The van der Waals surface area contributed by atoms with Crippen molar-refractivity contribution in [1.82, 2.24) is 10.3 Å². The molecule has 1 spiro atoms. The van der Waals surface area contributed by atoms with Gasteiger partial charge in [-0.05, 0) is 69.1 Å². The molecule has 0 radical (unpaired) electrons. The van der Waals surface area contributed by atoms with Crippen LogP contribution in [0.1, 0.15) is 78.5 Å². The number of aliphatic hydroxyl groups excluding tert-OH is 1. The summed E-state index contributed by atoms with van der Waals surface area (Å²) < 4.78 is 19.2. The molecule has 7 rings (SSSR count). The smallest absolute Gasteiger partial charge is 0.407 e. The lowest BCUT2D eigenvalue weighted by atomic mass is 9.41. The van der Waals surface area contributed by atoms with E-state index in [4.69, 9.17) is 14.2 Å². The van der Waals surface area contributed by atoms with Crippen molar-refractivity contribution in [2.75, 3.05) is 6.61 Å². The largest absolute Gasteiger partial charge is 0.443 e. The lowest BCUT2D eigenvalue weighted by molar-refractivity contribution is -0.273. The molecule has 232 valence electrons. The summed E-state index contributed by atoms with van der Waals surface area (Å²) in [5.41, 5.74) is -0.307. The minimum Gasteiger partial charge on any atom is -0.443 e. The molecule has 2 saturated carbocycles. The van der Waals surface area contributed by atoms with Gasteiger partial charge in [0.1, 0.15) is 17.3 Å². The Morgan fingerprint density at radius 2 is 1.93 bits per heavy atom. The van der Waals surface area contributed by atoms with Gasteiger partial charge in [0.05, 0.1) is 12.6 Å². The van der Waals surface area contributed by atoms with E-state index in [0.717, 1.165) is 17.6 Å². The third-order valence-electron chi connectivity index (χ3n) is 11.8. The summed E-state index contributed by atoms with van der Waals surface area (Å²) in [5, 5.41) is 27.3. The maximum absolute atomic E-state index is 13.5. The molecule has 1 amide bonds. The second kappa shape index (κ2) is 9.16. The van der Waals surface area contributed by atoms with E-state index in [1.807, 2.05) is 39.8 Å². The highest BCUT2D eigenvalue weighted by Crippen LogP contribution is 2.72. The fraction of sp³-hybridized carbons (Fsp3) is 0.647. The van der Waals surface area contributed by atoms with Gasteiger partial charge in [0, 0.05) is 39.4 Å². The molecule has 3 fully saturated rings. The van der Waals surface area contributed by atoms with E-state index in [1.165, 1.54) is 17.0 Å².